The molecule has 0 saturated carbocycles. The predicted octanol–water partition coefficient (Wildman–Crippen LogP) is 5.79. The molecule has 0 fully saturated rings. The molecule has 0 aromatic heterocycles. The maximum atomic E-state index is 13.6. The van der Waals surface area contributed by atoms with E-state index < -0.39 is 41.0 Å². The predicted molar refractivity (Wildman–Crippen MR) is 95.9 cm³/mol. The van der Waals surface area contributed by atoms with Crippen LogP contribution in [0.4, 0.5) is 28.9 Å². The molecule has 2 rings (SSSR count). The monoisotopic (exact) mass is 484 g/mol. The number of anilines is 1. The minimum Gasteiger partial charge on any atom is -0.405 e. The maximum absolute atomic E-state index is 13.6. The third-order valence-corrected chi connectivity index (χ3v) is 4.42. The van der Waals surface area contributed by atoms with Gasteiger partial charge in [-0.2, -0.15) is 0 Å². The number of aldehydes is 1. The van der Waals surface area contributed by atoms with E-state index in [9.17, 15) is 32.5 Å². The van der Waals surface area contributed by atoms with E-state index in [-0.39, 0.29) is 20.7 Å². The summed E-state index contributed by atoms with van der Waals surface area (Å²) in [6, 6.07) is 3.91. The van der Waals surface area contributed by atoms with Crippen LogP contribution >= 0.6 is 27.5 Å². The summed E-state index contributed by atoms with van der Waals surface area (Å²) in [4.78, 5) is 21.4. The van der Waals surface area contributed by atoms with E-state index in [4.69, 9.17) is 11.6 Å². The molecular weight excluding hydrogens is 476 g/mol. The Balaban J connectivity index is 2.56. The smallest absolute Gasteiger partial charge is 0.405 e. The highest BCUT2D eigenvalue weighted by Crippen LogP contribution is 2.40. The van der Waals surface area contributed by atoms with Crippen LogP contribution in [-0.4, -0.2) is 17.6 Å². The van der Waals surface area contributed by atoms with Crippen molar-refractivity contribution in [3.8, 4) is 5.75 Å². The second-order valence-corrected chi connectivity index (χ2v) is 6.60. The van der Waals surface area contributed by atoms with Gasteiger partial charge in [0.15, 0.2) is 0 Å². The number of nitro groups is 1. The van der Waals surface area contributed by atoms with Crippen LogP contribution < -0.4 is 10.1 Å². The third-order valence-electron chi connectivity index (χ3n) is 3.48. The standard InChI is InChI=1S/C16H10BrClF4N2O4/c17-8-6-12(13(24(26)27)7-10(8)19)23-11(4-5-25)15-9(18)2-1-3-14(15)28-16(20,21)22/h1-3,5-7,11,23H,4H2. The molecule has 0 radical (unpaired) electrons. The van der Waals surface area contributed by atoms with Crippen molar-refractivity contribution in [2.24, 2.45) is 0 Å². The van der Waals surface area contributed by atoms with Crippen molar-refractivity contribution in [1.82, 2.24) is 0 Å². The number of nitro benzene ring substituents is 1. The summed E-state index contributed by atoms with van der Waals surface area (Å²) in [5, 5.41) is 13.6. The molecule has 28 heavy (non-hydrogen) atoms. The first kappa shape index (κ1) is 21.9. The van der Waals surface area contributed by atoms with Gasteiger partial charge in [0.25, 0.3) is 5.69 Å². The fourth-order valence-corrected chi connectivity index (χ4v) is 3.05. The molecule has 0 heterocycles. The summed E-state index contributed by atoms with van der Waals surface area (Å²) in [6.07, 6.45) is -5.04. The largest absolute Gasteiger partial charge is 0.573 e. The molecule has 1 unspecified atom stereocenters. The van der Waals surface area contributed by atoms with Crippen molar-refractivity contribution in [1.29, 1.82) is 0 Å². The molecule has 12 heteroatoms. The summed E-state index contributed by atoms with van der Waals surface area (Å²) in [5.41, 5.74) is -1.15. The molecule has 0 aliphatic carbocycles. The molecule has 6 nitrogen and oxygen atoms in total. The van der Waals surface area contributed by atoms with Gasteiger partial charge >= 0.3 is 6.36 Å². The molecule has 0 bridgehead atoms. The van der Waals surface area contributed by atoms with Gasteiger partial charge in [0, 0.05) is 17.0 Å². The quantitative estimate of drug-likeness (QED) is 0.232. The Morgan fingerprint density at radius 3 is 2.61 bits per heavy atom. The molecule has 0 aliphatic rings. The van der Waals surface area contributed by atoms with Crippen LogP contribution in [0.1, 0.15) is 18.0 Å². The lowest BCUT2D eigenvalue weighted by atomic mass is 10.0. The van der Waals surface area contributed by atoms with E-state index >= 15 is 0 Å². The number of hydrogen-bond acceptors (Lipinski definition) is 5. The van der Waals surface area contributed by atoms with E-state index in [0.29, 0.717) is 12.4 Å². The molecule has 1 N–H and O–H groups in total. The van der Waals surface area contributed by atoms with E-state index in [0.717, 1.165) is 12.1 Å². The second-order valence-electron chi connectivity index (χ2n) is 5.34. The number of benzene rings is 2. The zero-order valence-electron chi connectivity index (χ0n) is 13.6. The summed E-state index contributed by atoms with van der Waals surface area (Å²) in [7, 11) is 0. The van der Waals surface area contributed by atoms with Gasteiger partial charge in [-0.3, -0.25) is 10.1 Å². The minimum atomic E-state index is -5.03. The molecule has 1 atom stereocenters. The Labute approximate surface area is 168 Å². The first-order valence-corrected chi connectivity index (χ1v) is 8.58. The number of halogens is 6. The number of alkyl halides is 3. The number of nitrogens with zero attached hydrogens (tertiary/aromatic N) is 1. The van der Waals surface area contributed by atoms with Crippen LogP contribution in [0.3, 0.4) is 0 Å². The zero-order valence-corrected chi connectivity index (χ0v) is 15.9. The average Bonchev–Trinajstić information content (AvgIpc) is 2.56. The van der Waals surface area contributed by atoms with Gasteiger partial charge in [-0.15, -0.1) is 13.2 Å². The van der Waals surface area contributed by atoms with Gasteiger partial charge in [0.05, 0.1) is 21.5 Å². The number of ether oxygens (including phenoxy) is 1. The van der Waals surface area contributed by atoms with E-state index in [1.54, 1.807) is 0 Å². The molecule has 2 aromatic rings. The Bertz CT molecular complexity index is 911. The maximum Gasteiger partial charge on any atom is 0.573 e. The van der Waals surface area contributed by atoms with Gasteiger partial charge < -0.3 is 14.8 Å². The van der Waals surface area contributed by atoms with Crippen LogP contribution in [0, 0.1) is 15.9 Å². The van der Waals surface area contributed by atoms with Gasteiger partial charge in [-0.25, -0.2) is 4.39 Å². The van der Waals surface area contributed by atoms with Crippen LogP contribution in [0.2, 0.25) is 5.02 Å². The lowest BCUT2D eigenvalue weighted by Crippen LogP contribution is -2.21. The highest BCUT2D eigenvalue weighted by atomic mass is 79.9. The highest BCUT2D eigenvalue weighted by Gasteiger charge is 2.34. The first-order chi connectivity index (χ1) is 13.0. The summed E-state index contributed by atoms with van der Waals surface area (Å²) in [5.74, 6) is -1.59. The van der Waals surface area contributed by atoms with Crippen molar-refractivity contribution in [2.45, 2.75) is 18.8 Å². The molecule has 150 valence electrons. The van der Waals surface area contributed by atoms with Gasteiger partial charge in [0.2, 0.25) is 0 Å². The van der Waals surface area contributed by atoms with Crippen LogP contribution in [0.15, 0.2) is 34.8 Å². The molecule has 2 aromatic carbocycles. The molecule has 0 spiro atoms. The van der Waals surface area contributed by atoms with Gasteiger partial charge in [-0.05, 0) is 34.1 Å². The van der Waals surface area contributed by atoms with Crippen molar-refractivity contribution in [3.05, 3.63) is 61.3 Å². The Morgan fingerprint density at radius 1 is 1.36 bits per heavy atom. The van der Waals surface area contributed by atoms with Crippen molar-refractivity contribution in [3.63, 3.8) is 0 Å². The van der Waals surface area contributed by atoms with Crippen LogP contribution in [-0.2, 0) is 4.79 Å². The molecule has 0 amide bonds. The fraction of sp³-hybridized carbons (Fsp3) is 0.188. The summed E-state index contributed by atoms with van der Waals surface area (Å²) in [6.45, 7) is 0. The zero-order chi connectivity index (χ0) is 21.1. The van der Waals surface area contributed by atoms with Crippen LogP contribution in [0.25, 0.3) is 0 Å². The number of rotatable bonds is 7. The molecule has 0 saturated heterocycles. The molecule has 0 aliphatic heterocycles. The van der Waals surface area contributed by atoms with Crippen LogP contribution in [0.5, 0.6) is 5.75 Å². The SMILES string of the molecule is O=CCC(Nc1cc(Br)c(F)cc1[N+](=O)[O-])c1c(Cl)cccc1OC(F)(F)F. The fourth-order valence-electron chi connectivity index (χ4n) is 2.40. The number of nitrogens with one attached hydrogen (secondary N) is 1. The van der Waals surface area contributed by atoms with E-state index in [1.165, 1.54) is 12.1 Å². The topological polar surface area (TPSA) is 81.5 Å². The Morgan fingerprint density at radius 2 is 2.04 bits per heavy atom. The summed E-state index contributed by atoms with van der Waals surface area (Å²) < 4.78 is 55.6. The summed E-state index contributed by atoms with van der Waals surface area (Å²) >= 11 is 8.88. The second kappa shape index (κ2) is 8.74. The third kappa shape index (κ3) is 5.32. The Hall–Kier alpha value is -2.40. The molecular formula is C16H10BrClF4N2O4. The highest BCUT2D eigenvalue weighted by molar-refractivity contribution is 9.10. The lowest BCUT2D eigenvalue weighted by Gasteiger charge is -2.23. The minimum absolute atomic E-state index is 0.128. The van der Waals surface area contributed by atoms with Crippen molar-refractivity contribution < 1.29 is 32.0 Å². The number of hydrogen-bond donors (Lipinski definition) is 1. The van der Waals surface area contributed by atoms with E-state index in [2.05, 4.69) is 26.0 Å². The van der Waals surface area contributed by atoms with Crippen molar-refractivity contribution >= 4 is 45.2 Å². The van der Waals surface area contributed by atoms with E-state index in [1.807, 2.05) is 0 Å². The first-order valence-electron chi connectivity index (χ1n) is 7.41. The Kier molecular flexibility index (Phi) is 6.83. The lowest BCUT2D eigenvalue weighted by molar-refractivity contribution is -0.384. The van der Waals surface area contributed by atoms with Crippen molar-refractivity contribution in [2.75, 3.05) is 5.32 Å². The number of carbonyl (C=O) groups excluding carboxylic acids is 1. The number of carbonyl (C=O) groups is 1. The van der Waals surface area contributed by atoms with Gasteiger partial charge in [0.1, 0.15) is 23.5 Å². The van der Waals surface area contributed by atoms with Gasteiger partial charge in [-0.1, -0.05) is 17.7 Å². The average molecular weight is 486 g/mol. The normalized spacial score (nSPS) is 12.4.